The zero-order valence-corrected chi connectivity index (χ0v) is 18.3. The monoisotopic (exact) mass is 442 g/mol. The second-order valence-corrected chi connectivity index (χ2v) is 10.2. The lowest BCUT2D eigenvalue weighted by atomic mass is 9.76. The lowest BCUT2D eigenvalue weighted by Crippen LogP contribution is -2.33. The van der Waals surface area contributed by atoms with Crippen LogP contribution in [-0.4, -0.2) is 30.0 Å². The minimum absolute atomic E-state index is 0.0467. The predicted octanol–water partition coefficient (Wildman–Crippen LogP) is 2.46. The summed E-state index contributed by atoms with van der Waals surface area (Å²) in [6.07, 6.45) is 6.53. The molecule has 1 amide bonds. The first-order valence-corrected chi connectivity index (χ1v) is 11.6. The van der Waals surface area contributed by atoms with Gasteiger partial charge in [-0.1, -0.05) is 26.0 Å². The molecule has 1 heterocycles. The highest BCUT2D eigenvalue weighted by Gasteiger charge is 2.24. The van der Waals surface area contributed by atoms with Crippen LogP contribution in [0.15, 0.2) is 30.5 Å². The average molecular weight is 443 g/mol. The van der Waals surface area contributed by atoms with E-state index < -0.39 is 15.9 Å². The maximum atomic E-state index is 12.6. The molecule has 0 bridgehead atoms. The maximum absolute atomic E-state index is 12.6. The van der Waals surface area contributed by atoms with Crippen LogP contribution in [0.1, 0.15) is 60.5 Å². The summed E-state index contributed by atoms with van der Waals surface area (Å²) in [6, 6.07) is 7.36. The summed E-state index contributed by atoms with van der Waals surface area (Å²) in [5, 5.41) is 11.8. The fourth-order valence-corrected chi connectivity index (χ4v) is 4.05. The molecule has 31 heavy (non-hydrogen) atoms. The van der Waals surface area contributed by atoms with Gasteiger partial charge in [0.2, 0.25) is 10.0 Å². The number of nitrogens with two attached hydrogens (primary N) is 1. The minimum atomic E-state index is -3.53. The summed E-state index contributed by atoms with van der Waals surface area (Å²) in [5.74, 6) is 4.52. The molecule has 1 aliphatic rings. The third kappa shape index (κ3) is 5.79. The topological polar surface area (TPSA) is 154 Å². The Morgan fingerprint density at radius 1 is 1.39 bits per heavy atom. The van der Waals surface area contributed by atoms with Gasteiger partial charge >= 0.3 is 0 Å². The highest BCUT2D eigenvalue weighted by Crippen LogP contribution is 2.40. The molecule has 0 saturated carbocycles. The number of sulfonamides is 1. The van der Waals surface area contributed by atoms with Crippen LogP contribution in [0.2, 0.25) is 0 Å². The first kappa shape index (κ1) is 22.7. The van der Waals surface area contributed by atoms with Gasteiger partial charge < -0.3 is 10.3 Å². The molecule has 0 spiro atoms. The number of rotatable bonds is 7. The van der Waals surface area contributed by atoms with Crippen molar-refractivity contribution in [1.29, 1.82) is 5.26 Å². The SMILES string of the molecule is CC1(C)CC=C(c2cc(CCS(=O)(=O)NN)ccc2NC(=O)c2ncc(C#N)[nH]2)CC1. The van der Waals surface area contributed by atoms with Crippen LogP contribution in [0.5, 0.6) is 0 Å². The maximum Gasteiger partial charge on any atom is 0.291 e. The number of nitrogens with zero attached hydrogens (tertiary/aromatic N) is 2. The molecule has 0 atom stereocenters. The number of nitriles is 1. The summed E-state index contributed by atoms with van der Waals surface area (Å²) in [6.45, 7) is 4.43. The average Bonchev–Trinajstić information content (AvgIpc) is 3.23. The number of hydrogen-bond acceptors (Lipinski definition) is 6. The van der Waals surface area contributed by atoms with Crippen LogP contribution in [0.25, 0.3) is 5.57 Å². The molecule has 0 aliphatic heterocycles. The summed E-state index contributed by atoms with van der Waals surface area (Å²) in [7, 11) is -3.53. The van der Waals surface area contributed by atoms with Crippen molar-refractivity contribution < 1.29 is 13.2 Å². The number of aromatic amines is 1. The van der Waals surface area contributed by atoms with E-state index in [9.17, 15) is 13.2 Å². The number of carbonyl (C=O) groups excluding carboxylic acids is 1. The Bertz CT molecular complexity index is 1160. The van der Waals surface area contributed by atoms with Crippen LogP contribution in [0.3, 0.4) is 0 Å². The van der Waals surface area contributed by atoms with Gasteiger partial charge in [-0.25, -0.2) is 13.4 Å². The second kappa shape index (κ2) is 9.01. The standard InChI is InChI=1S/C21H26N6O3S/c1-21(2)8-5-15(6-9-21)17-11-14(7-10-31(29,30)27-23)3-4-18(17)26-20(28)19-24-13-16(12-22)25-19/h3-5,11,13,27H,6-10,23H2,1-2H3,(H,24,25)(H,26,28). The molecule has 1 aliphatic carbocycles. The highest BCUT2D eigenvalue weighted by molar-refractivity contribution is 7.89. The van der Waals surface area contributed by atoms with Crippen LogP contribution in [0, 0.1) is 16.7 Å². The van der Waals surface area contributed by atoms with Gasteiger partial charge in [0.15, 0.2) is 5.82 Å². The fraction of sp³-hybridized carbons (Fsp3) is 0.381. The van der Waals surface area contributed by atoms with Crippen molar-refractivity contribution in [3.05, 3.63) is 53.1 Å². The van der Waals surface area contributed by atoms with E-state index in [0.29, 0.717) is 5.69 Å². The minimum Gasteiger partial charge on any atom is -0.326 e. The van der Waals surface area contributed by atoms with Gasteiger partial charge in [-0.05, 0) is 54.4 Å². The predicted molar refractivity (Wildman–Crippen MR) is 118 cm³/mol. The van der Waals surface area contributed by atoms with Crippen LogP contribution in [0.4, 0.5) is 5.69 Å². The third-order valence-electron chi connectivity index (χ3n) is 5.40. The summed E-state index contributed by atoms with van der Waals surface area (Å²) < 4.78 is 23.4. The number of amides is 1. The quantitative estimate of drug-likeness (QED) is 0.381. The largest absolute Gasteiger partial charge is 0.326 e. The fourth-order valence-electron chi connectivity index (χ4n) is 3.43. The first-order valence-electron chi connectivity index (χ1n) is 9.91. The van der Waals surface area contributed by atoms with Crippen molar-refractivity contribution in [1.82, 2.24) is 14.8 Å². The zero-order valence-electron chi connectivity index (χ0n) is 17.5. The molecule has 9 nitrogen and oxygen atoms in total. The summed E-state index contributed by atoms with van der Waals surface area (Å²) in [5.41, 5.74) is 3.80. The van der Waals surface area contributed by atoms with Crippen LogP contribution < -0.4 is 16.0 Å². The van der Waals surface area contributed by atoms with Gasteiger partial charge in [0.05, 0.1) is 11.9 Å². The van der Waals surface area contributed by atoms with Gasteiger partial charge in [0.25, 0.3) is 5.91 Å². The van der Waals surface area contributed by atoms with E-state index >= 15 is 0 Å². The number of aryl methyl sites for hydroxylation is 1. The number of hydrogen-bond donors (Lipinski definition) is 4. The Morgan fingerprint density at radius 3 is 2.77 bits per heavy atom. The second-order valence-electron chi connectivity index (χ2n) is 8.38. The molecule has 5 N–H and O–H groups in total. The van der Waals surface area contributed by atoms with Crippen molar-refractivity contribution in [2.75, 3.05) is 11.1 Å². The molecule has 2 aromatic rings. The van der Waals surface area contributed by atoms with E-state index in [2.05, 4.69) is 35.2 Å². The molecular weight excluding hydrogens is 416 g/mol. The number of carbonyl (C=O) groups is 1. The van der Waals surface area contributed by atoms with Crippen molar-refractivity contribution in [2.24, 2.45) is 11.3 Å². The normalized spacial score (nSPS) is 15.7. The molecule has 3 rings (SSSR count). The molecule has 1 aromatic heterocycles. The number of anilines is 1. The smallest absolute Gasteiger partial charge is 0.291 e. The number of benzene rings is 1. The van der Waals surface area contributed by atoms with Crippen molar-refractivity contribution in [3.8, 4) is 6.07 Å². The Morgan fingerprint density at radius 2 is 2.16 bits per heavy atom. The van der Waals surface area contributed by atoms with Crippen LogP contribution >= 0.6 is 0 Å². The molecule has 0 unspecified atom stereocenters. The highest BCUT2D eigenvalue weighted by atomic mass is 32.2. The Kier molecular flexibility index (Phi) is 6.59. The molecule has 164 valence electrons. The van der Waals surface area contributed by atoms with Gasteiger partial charge in [0, 0.05) is 11.3 Å². The number of H-pyrrole nitrogens is 1. The van der Waals surface area contributed by atoms with Gasteiger partial charge in [-0.2, -0.15) is 10.1 Å². The Balaban J connectivity index is 1.91. The first-order chi connectivity index (χ1) is 14.6. The molecular formula is C21H26N6O3S. The lowest BCUT2D eigenvalue weighted by Gasteiger charge is -2.29. The van der Waals surface area contributed by atoms with Gasteiger partial charge in [-0.15, -0.1) is 0 Å². The number of nitrogens with one attached hydrogen (secondary N) is 3. The molecule has 0 saturated heterocycles. The summed E-state index contributed by atoms with van der Waals surface area (Å²) >= 11 is 0. The number of imidazole rings is 1. The number of allylic oxidation sites excluding steroid dienone is 2. The third-order valence-corrected chi connectivity index (χ3v) is 6.50. The number of aromatic nitrogens is 2. The zero-order chi connectivity index (χ0) is 22.6. The molecule has 1 aromatic carbocycles. The van der Waals surface area contributed by atoms with E-state index in [1.807, 2.05) is 17.0 Å². The molecule has 0 radical (unpaired) electrons. The van der Waals surface area contributed by atoms with E-state index in [-0.39, 0.29) is 29.1 Å². The van der Waals surface area contributed by atoms with Crippen molar-refractivity contribution >= 4 is 27.2 Å². The lowest BCUT2D eigenvalue weighted by molar-refractivity contribution is 0.101. The van der Waals surface area contributed by atoms with E-state index in [1.165, 1.54) is 6.20 Å². The van der Waals surface area contributed by atoms with E-state index in [0.717, 1.165) is 36.0 Å². The summed E-state index contributed by atoms with van der Waals surface area (Å²) in [4.78, 5) is 21.1. The number of hydrazine groups is 1. The molecule has 10 heteroatoms. The van der Waals surface area contributed by atoms with Crippen LogP contribution in [-0.2, 0) is 16.4 Å². The van der Waals surface area contributed by atoms with Crippen molar-refractivity contribution in [3.63, 3.8) is 0 Å². The van der Waals surface area contributed by atoms with Crippen molar-refractivity contribution in [2.45, 2.75) is 39.5 Å². The van der Waals surface area contributed by atoms with E-state index in [1.54, 1.807) is 12.1 Å². The Hall–Kier alpha value is -3.00. The van der Waals surface area contributed by atoms with E-state index in [4.69, 9.17) is 11.1 Å². The molecule has 0 fully saturated rings. The van der Waals surface area contributed by atoms with Gasteiger partial charge in [0.1, 0.15) is 11.8 Å². The Labute approximate surface area is 181 Å². The van der Waals surface area contributed by atoms with Gasteiger partial charge in [-0.3, -0.25) is 10.6 Å².